The molecule has 3 heteroatoms. The van der Waals surface area contributed by atoms with E-state index in [0.29, 0.717) is 6.61 Å². The molecule has 0 fully saturated rings. The first-order chi connectivity index (χ1) is 5.07. The van der Waals surface area contributed by atoms with Crippen molar-refractivity contribution in [3.05, 3.63) is 0 Å². The molecule has 0 bridgehead atoms. The van der Waals surface area contributed by atoms with Gasteiger partial charge in [-0.2, -0.15) is 0 Å². The van der Waals surface area contributed by atoms with E-state index < -0.39 is 0 Å². The Labute approximate surface area is 69.0 Å². The van der Waals surface area contributed by atoms with Crippen LogP contribution in [0.3, 0.4) is 0 Å². The third-order valence-corrected chi connectivity index (χ3v) is 1.56. The van der Waals surface area contributed by atoms with Crippen LogP contribution in [0.1, 0.15) is 13.8 Å². The van der Waals surface area contributed by atoms with Crippen LogP contribution in [0.25, 0.3) is 0 Å². The number of ether oxygens (including phenoxy) is 1. The lowest BCUT2D eigenvalue weighted by atomic mass is 10.3. The molecule has 1 N–H and O–H groups in total. The van der Waals surface area contributed by atoms with Crippen LogP contribution in [0.4, 0.5) is 0 Å². The second-order valence-corrected chi connectivity index (χ2v) is 3.18. The standard InChI is InChI=1S/C8H19NO2/c1-7(2)11-6-8(5-10)9(3)4/h7-8,10H,5-6H2,1-4H3. The van der Waals surface area contributed by atoms with Crippen molar-refractivity contribution in [2.75, 3.05) is 27.3 Å². The van der Waals surface area contributed by atoms with Gasteiger partial charge in [0, 0.05) is 0 Å². The molecule has 0 aromatic heterocycles. The van der Waals surface area contributed by atoms with Crippen LogP contribution in [0.15, 0.2) is 0 Å². The molecule has 1 unspecified atom stereocenters. The van der Waals surface area contributed by atoms with Gasteiger partial charge in [-0.3, -0.25) is 0 Å². The highest BCUT2D eigenvalue weighted by molar-refractivity contribution is 4.63. The minimum atomic E-state index is 0.123. The lowest BCUT2D eigenvalue weighted by molar-refractivity contribution is 0.0197. The van der Waals surface area contributed by atoms with E-state index in [-0.39, 0.29) is 18.8 Å². The Morgan fingerprint density at radius 1 is 1.36 bits per heavy atom. The van der Waals surface area contributed by atoms with Crippen LogP contribution in [-0.2, 0) is 4.74 Å². The predicted octanol–water partition coefficient (Wildman–Crippen LogP) is 0.334. The summed E-state index contributed by atoms with van der Waals surface area (Å²) in [4.78, 5) is 1.96. The van der Waals surface area contributed by atoms with Crippen molar-refractivity contribution < 1.29 is 9.84 Å². The maximum atomic E-state index is 8.89. The van der Waals surface area contributed by atoms with Gasteiger partial charge in [0.05, 0.1) is 25.4 Å². The minimum Gasteiger partial charge on any atom is -0.395 e. The van der Waals surface area contributed by atoms with Crippen LogP contribution in [0.5, 0.6) is 0 Å². The van der Waals surface area contributed by atoms with E-state index >= 15 is 0 Å². The number of aliphatic hydroxyl groups is 1. The number of hydrogen-bond acceptors (Lipinski definition) is 3. The molecule has 0 saturated heterocycles. The molecule has 0 heterocycles. The fourth-order valence-corrected chi connectivity index (χ4v) is 0.669. The van der Waals surface area contributed by atoms with Gasteiger partial charge < -0.3 is 14.7 Å². The Morgan fingerprint density at radius 3 is 2.18 bits per heavy atom. The second kappa shape index (κ2) is 5.52. The molecule has 0 aromatic rings. The van der Waals surface area contributed by atoms with Crippen LogP contribution in [-0.4, -0.2) is 49.5 Å². The smallest absolute Gasteiger partial charge is 0.0647 e. The van der Waals surface area contributed by atoms with Crippen molar-refractivity contribution in [1.82, 2.24) is 4.90 Å². The largest absolute Gasteiger partial charge is 0.395 e. The Kier molecular flexibility index (Phi) is 5.46. The predicted molar refractivity (Wildman–Crippen MR) is 45.6 cm³/mol. The number of aliphatic hydroxyl groups excluding tert-OH is 1. The molecule has 1 atom stereocenters. The minimum absolute atomic E-state index is 0.123. The monoisotopic (exact) mass is 161 g/mol. The number of rotatable bonds is 5. The van der Waals surface area contributed by atoms with Gasteiger partial charge in [0.2, 0.25) is 0 Å². The zero-order chi connectivity index (χ0) is 8.85. The molecular weight excluding hydrogens is 142 g/mol. The van der Waals surface area contributed by atoms with E-state index in [0.717, 1.165) is 0 Å². The molecule has 3 nitrogen and oxygen atoms in total. The molecular formula is C8H19NO2. The molecule has 0 amide bonds. The first-order valence-corrected chi connectivity index (χ1v) is 3.96. The average Bonchev–Trinajstić information content (AvgIpc) is 1.87. The summed E-state index contributed by atoms with van der Waals surface area (Å²) in [5.74, 6) is 0. The molecule has 11 heavy (non-hydrogen) atoms. The molecule has 0 aliphatic heterocycles. The Balaban J connectivity index is 3.52. The van der Waals surface area contributed by atoms with Crippen molar-refractivity contribution in [2.45, 2.75) is 26.0 Å². The third-order valence-electron chi connectivity index (χ3n) is 1.56. The molecule has 0 saturated carbocycles. The topological polar surface area (TPSA) is 32.7 Å². The molecule has 0 radical (unpaired) electrons. The lowest BCUT2D eigenvalue weighted by Crippen LogP contribution is -2.36. The summed E-state index contributed by atoms with van der Waals surface area (Å²) in [6, 6.07) is 0.123. The molecule has 0 rings (SSSR count). The van der Waals surface area contributed by atoms with Gasteiger partial charge in [-0.15, -0.1) is 0 Å². The molecule has 0 spiro atoms. The highest BCUT2D eigenvalue weighted by atomic mass is 16.5. The van der Waals surface area contributed by atoms with Crippen LogP contribution in [0.2, 0.25) is 0 Å². The van der Waals surface area contributed by atoms with Gasteiger partial charge in [-0.1, -0.05) is 0 Å². The van der Waals surface area contributed by atoms with Gasteiger partial charge in [0.25, 0.3) is 0 Å². The van der Waals surface area contributed by atoms with Crippen LogP contribution >= 0.6 is 0 Å². The SMILES string of the molecule is CC(C)OCC(CO)N(C)C. The van der Waals surface area contributed by atoms with Crippen LogP contribution < -0.4 is 0 Å². The first kappa shape index (κ1) is 10.9. The van der Waals surface area contributed by atoms with Gasteiger partial charge in [0.15, 0.2) is 0 Å². The lowest BCUT2D eigenvalue weighted by Gasteiger charge is -2.22. The van der Waals surface area contributed by atoms with Crippen molar-refractivity contribution in [3.63, 3.8) is 0 Å². The number of nitrogens with zero attached hydrogens (tertiary/aromatic N) is 1. The molecule has 0 aliphatic rings. The van der Waals surface area contributed by atoms with Crippen molar-refractivity contribution in [2.24, 2.45) is 0 Å². The highest BCUT2D eigenvalue weighted by Crippen LogP contribution is 1.96. The summed E-state index contributed by atoms with van der Waals surface area (Å²) in [6.07, 6.45) is 0.240. The van der Waals surface area contributed by atoms with E-state index in [9.17, 15) is 0 Å². The van der Waals surface area contributed by atoms with E-state index in [4.69, 9.17) is 9.84 Å². The summed E-state index contributed by atoms with van der Waals surface area (Å²) >= 11 is 0. The zero-order valence-corrected chi connectivity index (χ0v) is 7.87. The second-order valence-electron chi connectivity index (χ2n) is 3.18. The summed E-state index contributed by atoms with van der Waals surface area (Å²) in [6.45, 7) is 4.73. The van der Waals surface area contributed by atoms with Crippen LogP contribution in [0, 0.1) is 0 Å². The Hall–Kier alpha value is -0.120. The van der Waals surface area contributed by atoms with Gasteiger partial charge in [0.1, 0.15) is 0 Å². The van der Waals surface area contributed by atoms with Gasteiger partial charge in [-0.25, -0.2) is 0 Å². The molecule has 0 aromatic carbocycles. The van der Waals surface area contributed by atoms with E-state index in [1.807, 2.05) is 32.8 Å². The quantitative estimate of drug-likeness (QED) is 0.631. The number of likely N-dealkylation sites (N-methyl/N-ethyl adjacent to an activating group) is 1. The normalized spacial score (nSPS) is 14.5. The van der Waals surface area contributed by atoms with E-state index in [1.54, 1.807) is 0 Å². The van der Waals surface area contributed by atoms with Crippen molar-refractivity contribution in [1.29, 1.82) is 0 Å². The fourth-order valence-electron chi connectivity index (χ4n) is 0.669. The first-order valence-electron chi connectivity index (χ1n) is 3.96. The fraction of sp³-hybridized carbons (Fsp3) is 1.00. The molecule has 68 valence electrons. The summed E-state index contributed by atoms with van der Waals surface area (Å²) in [5, 5.41) is 8.89. The van der Waals surface area contributed by atoms with E-state index in [1.165, 1.54) is 0 Å². The summed E-state index contributed by atoms with van der Waals surface area (Å²) in [7, 11) is 3.87. The van der Waals surface area contributed by atoms with E-state index in [2.05, 4.69) is 0 Å². The maximum Gasteiger partial charge on any atom is 0.0647 e. The summed E-state index contributed by atoms with van der Waals surface area (Å²) < 4.78 is 5.35. The molecule has 0 aliphatic carbocycles. The third kappa shape index (κ3) is 5.18. The van der Waals surface area contributed by atoms with Gasteiger partial charge >= 0.3 is 0 Å². The zero-order valence-electron chi connectivity index (χ0n) is 7.87. The Morgan fingerprint density at radius 2 is 1.91 bits per heavy atom. The van der Waals surface area contributed by atoms with Gasteiger partial charge in [-0.05, 0) is 27.9 Å². The van der Waals surface area contributed by atoms with Crippen molar-refractivity contribution in [3.8, 4) is 0 Å². The van der Waals surface area contributed by atoms with Crippen molar-refractivity contribution >= 4 is 0 Å². The Bertz CT molecular complexity index is 94.1. The average molecular weight is 161 g/mol. The maximum absolute atomic E-state index is 8.89. The highest BCUT2D eigenvalue weighted by Gasteiger charge is 2.09. The number of hydrogen-bond donors (Lipinski definition) is 1. The summed E-state index contributed by atoms with van der Waals surface area (Å²) in [5.41, 5.74) is 0.